The van der Waals surface area contributed by atoms with Crippen molar-refractivity contribution in [2.24, 2.45) is 17.6 Å². The SMILES string of the molecule is CCC(CC)N(CC(C)C)C(=O)CC(C)CN. The van der Waals surface area contributed by atoms with Crippen LogP contribution in [0.1, 0.15) is 53.9 Å². The van der Waals surface area contributed by atoms with Gasteiger partial charge in [-0.25, -0.2) is 0 Å². The molecular weight excluding hydrogens is 212 g/mol. The van der Waals surface area contributed by atoms with Crippen molar-refractivity contribution in [3.05, 3.63) is 0 Å². The van der Waals surface area contributed by atoms with Crippen LogP contribution in [0.5, 0.6) is 0 Å². The van der Waals surface area contributed by atoms with E-state index in [1.54, 1.807) is 0 Å². The smallest absolute Gasteiger partial charge is 0.223 e. The Morgan fingerprint density at radius 1 is 1.18 bits per heavy atom. The largest absolute Gasteiger partial charge is 0.339 e. The van der Waals surface area contributed by atoms with Crippen molar-refractivity contribution in [2.45, 2.75) is 59.9 Å². The molecule has 3 nitrogen and oxygen atoms in total. The lowest BCUT2D eigenvalue weighted by molar-refractivity contribution is -0.135. The first-order chi connectivity index (χ1) is 7.96. The van der Waals surface area contributed by atoms with E-state index in [2.05, 4.69) is 32.6 Å². The second-order valence-corrected chi connectivity index (χ2v) is 5.46. The van der Waals surface area contributed by atoms with Gasteiger partial charge in [0, 0.05) is 19.0 Å². The van der Waals surface area contributed by atoms with Gasteiger partial charge in [0.05, 0.1) is 0 Å². The molecule has 1 amide bonds. The Hall–Kier alpha value is -0.570. The molecule has 0 aromatic heterocycles. The quantitative estimate of drug-likeness (QED) is 0.711. The molecule has 102 valence electrons. The van der Waals surface area contributed by atoms with Gasteiger partial charge in [-0.05, 0) is 31.2 Å². The highest BCUT2D eigenvalue weighted by Gasteiger charge is 2.22. The molecule has 0 aromatic rings. The lowest BCUT2D eigenvalue weighted by atomic mass is 10.0. The third-order valence-electron chi connectivity index (χ3n) is 3.19. The number of carbonyl (C=O) groups excluding carboxylic acids is 1. The summed E-state index contributed by atoms with van der Waals surface area (Å²) < 4.78 is 0. The highest BCUT2D eigenvalue weighted by Crippen LogP contribution is 2.15. The second kappa shape index (κ2) is 8.51. The van der Waals surface area contributed by atoms with Crippen LogP contribution in [-0.4, -0.2) is 29.9 Å². The zero-order valence-corrected chi connectivity index (χ0v) is 12.2. The molecular formula is C14H30N2O. The van der Waals surface area contributed by atoms with Gasteiger partial charge in [0.2, 0.25) is 5.91 Å². The van der Waals surface area contributed by atoms with E-state index in [0.29, 0.717) is 24.9 Å². The predicted octanol–water partition coefficient (Wildman–Crippen LogP) is 2.64. The van der Waals surface area contributed by atoms with E-state index in [1.807, 2.05) is 6.92 Å². The number of hydrogen-bond acceptors (Lipinski definition) is 2. The van der Waals surface area contributed by atoms with Crippen molar-refractivity contribution >= 4 is 5.91 Å². The summed E-state index contributed by atoms with van der Waals surface area (Å²) in [5, 5.41) is 0. The highest BCUT2D eigenvalue weighted by atomic mass is 16.2. The topological polar surface area (TPSA) is 46.3 Å². The van der Waals surface area contributed by atoms with Crippen molar-refractivity contribution in [1.82, 2.24) is 4.90 Å². The molecule has 2 N–H and O–H groups in total. The fourth-order valence-electron chi connectivity index (χ4n) is 2.08. The van der Waals surface area contributed by atoms with Gasteiger partial charge in [0.1, 0.15) is 0 Å². The Kier molecular flexibility index (Phi) is 8.23. The van der Waals surface area contributed by atoms with Crippen LogP contribution in [0.4, 0.5) is 0 Å². The predicted molar refractivity (Wildman–Crippen MR) is 73.8 cm³/mol. The Morgan fingerprint density at radius 3 is 2.06 bits per heavy atom. The van der Waals surface area contributed by atoms with E-state index < -0.39 is 0 Å². The first kappa shape index (κ1) is 16.4. The van der Waals surface area contributed by atoms with Crippen LogP contribution >= 0.6 is 0 Å². The van der Waals surface area contributed by atoms with Gasteiger partial charge in [-0.2, -0.15) is 0 Å². The lowest BCUT2D eigenvalue weighted by Crippen LogP contribution is -2.42. The molecule has 0 radical (unpaired) electrons. The summed E-state index contributed by atoms with van der Waals surface area (Å²) in [6.07, 6.45) is 2.65. The molecule has 0 aliphatic carbocycles. The minimum absolute atomic E-state index is 0.269. The molecule has 0 fully saturated rings. The van der Waals surface area contributed by atoms with Crippen LogP contribution in [0.2, 0.25) is 0 Å². The van der Waals surface area contributed by atoms with Gasteiger partial charge >= 0.3 is 0 Å². The minimum Gasteiger partial charge on any atom is -0.339 e. The third-order valence-corrected chi connectivity index (χ3v) is 3.19. The summed E-state index contributed by atoms with van der Waals surface area (Å²) in [5.41, 5.74) is 5.59. The average molecular weight is 242 g/mol. The maximum absolute atomic E-state index is 12.3. The molecule has 0 rings (SSSR count). The standard InChI is InChI=1S/C14H30N2O/c1-6-13(7-2)16(10-11(3)4)14(17)8-12(5)9-15/h11-13H,6-10,15H2,1-5H3. The van der Waals surface area contributed by atoms with E-state index in [4.69, 9.17) is 5.73 Å². The molecule has 0 spiro atoms. The number of nitrogens with zero attached hydrogens (tertiary/aromatic N) is 1. The van der Waals surface area contributed by atoms with Crippen molar-refractivity contribution in [3.63, 3.8) is 0 Å². The van der Waals surface area contributed by atoms with Gasteiger partial charge in [-0.3, -0.25) is 4.79 Å². The van der Waals surface area contributed by atoms with Gasteiger partial charge in [0.15, 0.2) is 0 Å². The number of amides is 1. The lowest BCUT2D eigenvalue weighted by Gasteiger charge is -2.33. The summed E-state index contributed by atoms with van der Waals surface area (Å²) in [4.78, 5) is 14.3. The highest BCUT2D eigenvalue weighted by molar-refractivity contribution is 5.76. The third kappa shape index (κ3) is 6.06. The summed E-state index contributed by atoms with van der Waals surface area (Å²) in [6, 6.07) is 0.384. The molecule has 1 unspecified atom stereocenters. The normalized spacial score (nSPS) is 13.2. The Balaban J connectivity index is 4.60. The van der Waals surface area contributed by atoms with Crippen LogP contribution in [-0.2, 0) is 4.79 Å². The number of carbonyl (C=O) groups is 1. The molecule has 0 saturated carbocycles. The molecule has 1 atom stereocenters. The summed E-state index contributed by atoms with van der Waals surface area (Å²) in [6.45, 7) is 12.1. The van der Waals surface area contributed by atoms with E-state index in [-0.39, 0.29) is 11.8 Å². The monoisotopic (exact) mass is 242 g/mol. The minimum atomic E-state index is 0.269. The average Bonchev–Trinajstić information content (AvgIpc) is 2.28. The van der Waals surface area contributed by atoms with Crippen molar-refractivity contribution in [3.8, 4) is 0 Å². The van der Waals surface area contributed by atoms with E-state index >= 15 is 0 Å². The van der Waals surface area contributed by atoms with E-state index in [0.717, 1.165) is 19.4 Å². The number of rotatable bonds is 8. The van der Waals surface area contributed by atoms with Crippen molar-refractivity contribution in [2.75, 3.05) is 13.1 Å². The summed E-state index contributed by atoms with van der Waals surface area (Å²) in [7, 11) is 0. The van der Waals surface area contributed by atoms with E-state index in [1.165, 1.54) is 0 Å². The molecule has 17 heavy (non-hydrogen) atoms. The van der Waals surface area contributed by atoms with Crippen LogP contribution < -0.4 is 5.73 Å². The zero-order valence-electron chi connectivity index (χ0n) is 12.2. The Bertz CT molecular complexity index is 212. The number of nitrogens with two attached hydrogens (primary N) is 1. The maximum Gasteiger partial charge on any atom is 0.223 e. The van der Waals surface area contributed by atoms with Crippen LogP contribution in [0, 0.1) is 11.8 Å². The molecule has 0 aromatic carbocycles. The molecule has 0 aliphatic heterocycles. The van der Waals surface area contributed by atoms with Gasteiger partial charge in [-0.15, -0.1) is 0 Å². The Labute approximate surface area is 107 Å². The van der Waals surface area contributed by atoms with Crippen LogP contribution in [0.25, 0.3) is 0 Å². The second-order valence-electron chi connectivity index (χ2n) is 5.46. The van der Waals surface area contributed by atoms with E-state index in [9.17, 15) is 4.79 Å². The first-order valence-electron chi connectivity index (χ1n) is 6.95. The fourth-order valence-corrected chi connectivity index (χ4v) is 2.08. The summed E-state index contributed by atoms with van der Waals surface area (Å²) in [5.74, 6) is 1.07. The zero-order chi connectivity index (χ0) is 13.4. The molecule has 3 heteroatoms. The molecule has 0 heterocycles. The maximum atomic E-state index is 12.3. The van der Waals surface area contributed by atoms with Gasteiger partial charge in [0.25, 0.3) is 0 Å². The van der Waals surface area contributed by atoms with Crippen molar-refractivity contribution < 1.29 is 4.79 Å². The molecule has 0 saturated heterocycles. The van der Waals surface area contributed by atoms with Crippen LogP contribution in [0.3, 0.4) is 0 Å². The summed E-state index contributed by atoms with van der Waals surface area (Å²) >= 11 is 0. The van der Waals surface area contributed by atoms with Gasteiger partial charge in [-0.1, -0.05) is 34.6 Å². The van der Waals surface area contributed by atoms with Crippen molar-refractivity contribution in [1.29, 1.82) is 0 Å². The number of hydrogen-bond donors (Lipinski definition) is 1. The Morgan fingerprint density at radius 2 is 1.71 bits per heavy atom. The van der Waals surface area contributed by atoms with Crippen LogP contribution in [0.15, 0.2) is 0 Å². The molecule has 0 aliphatic rings. The first-order valence-corrected chi connectivity index (χ1v) is 6.95. The fraction of sp³-hybridized carbons (Fsp3) is 0.929. The van der Waals surface area contributed by atoms with Gasteiger partial charge < -0.3 is 10.6 Å². The molecule has 0 bridgehead atoms.